The summed E-state index contributed by atoms with van der Waals surface area (Å²) in [7, 11) is 2.01. The van der Waals surface area contributed by atoms with Crippen LogP contribution in [-0.4, -0.2) is 39.1 Å². The van der Waals surface area contributed by atoms with Gasteiger partial charge in [-0.2, -0.15) is 0 Å². The van der Waals surface area contributed by atoms with Crippen LogP contribution in [0, 0.1) is 5.92 Å². The number of thioether (sulfide) groups is 1. The quantitative estimate of drug-likeness (QED) is 0.705. The molecule has 5 heteroatoms. The van der Waals surface area contributed by atoms with Gasteiger partial charge in [-0.05, 0) is 31.7 Å². The van der Waals surface area contributed by atoms with Gasteiger partial charge in [-0.3, -0.25) is 0 Å². The van der Waals surface area contributed by atoms with Crippen LogP contribution in [0.2, 0.25) is 0 Å². The molecule has 1 unspecified atom stereocenters. The van der Waals surface area contributed by atoms with Crippen molar-refractivity contribution in [1.82, 2.24) is 14.9 Å². The lowest BCUT2D eigenvalue weighted by atomic mass is 9.96. The highest BCUT2D eigenvalue weighted by Crippen LogP contribution is 2.42. The van der Waals surface area contributed by atoms with E-state index in [1.165, 1.54) is 12.8 Å². The minimum Gasteiger partial charge on any atom is -0.394 e. The number of hydrogen-bond donors (Lipinski definition) is 2. The summed E-state index contributed by atoms with van der Waals surface area (Å²) in [6.07, 6.45) is 7.34. The maximum Gasteiger partial charge on any atom is 0.167 e. The molecule has 0 aromatic carbocycles. The van der Waals surface area contributed by atoms with Crippen LogP contribution in [0.5, 0.6) is 0 Å². The zero-order valence-corrected chi connectivity index (χ0v) is 12.0. The van der Waals surface area contributed by atoms with Gasteiger partial charge >= 0.3 is 0 Å². The standard InChI is InChI=1S/C13H23N3OS/c1-3-6-15-13(9-17,11-4-5-11)10-18-12-14-7-8-16(12)2/h7-8,11,15,17H,3-6,9-10H2,1-2H3. The molecular formula is C13H23N3OS. The van der Waals surface area contributed by atoms with E-state index in [0.29, 0.717) is 5.92 Å². The fraction of sp³-hybridized carbons (Fsp3) is 0.769. The second-order valence-electron chi connectivity index (χ2n) is 5.12. The van der Waals surface area contributed by atoms with Crippen LogP contribution in [0.1, 0.15) is 26.2 Å². The normalized spacial score (nSPS) is 18.8. The average Bonchev–Trinajstić information content (AvgIpc) is 3.15. The first-order valence-electron chi connectivity index (χ1n) is 6.68. The lowest BCUT2D eigenvalue weighted by molar-refractivity contribution is 0.159. The third-order valence-electron chi connectivity index (χ3n) is 3.60. The first kappa shape index (κ1) is 13.9. The first-order valence-corrected chi connectivity index (χ1v) is 7.66. The molecule has 2 rings (SSSR count). The smallest absolute Gasteiger partial charge is 0.167 e. The van der Waals surface area contributed by atoms with Crippen LogP contribution >= 0.6 is 11.8 Å². The molecule has 1 heterocycles. The molecule has 1 saturated carbocycles. The molecule has 0 saturated heterocycles. The Kier molecular flexibility index (Phi) is 4.70. The van der Waals surface area contributed by atoms with Crippen LogP contribution in [0.4, 0.5) is 0 Å². The van der Waals surface area contributed by atoms with Crippen LogP contribution in [-0.2, 0) is 7.05 Å². The topological polar surface area (TPSA) is 50.1 Å². The van der Waals surface area contributed by atoms with Gasteiger partial charge in [-0.1, -0.05) is 18.7 Å². The third kappa shape index (κ3) is 3.08. The summed E-state index contributed by atoms with van der Waals surface area (Å²) in [4.78, 5) is 4.33. The number of hydrogen-bond acceptors (Lipinski definition) is 4. The fourth-order valence-corrected chi connectivity index (χ4v) is 3.45. The lowest BCUT2D eigenvalue weighted by Gasteiger charge is -2.33. The molecule has 4 nitrogen and oxygen atoms in total. The Morgan fingerprint density at radius 3 is 2.89 bits per heavy atom. The molecule has 0 spiro atoms. The maximum atomic E-state index is 9.81. The van der Waals surface area contributed by atoms with Crippen molar-refractivity contribution in [2.45, 2.75) is 36.9 Å². The van der Waals surface area contributed by atoms with E-state index in [-0.39, 0.29) is 12.1 Å². The molecule has 102 valence electrons. The van der Waals surface area contributed by atoms with Crippen molar-refractivity contribution in [3.05, 3.63) is 12.4 Å². The summed E-state index contributed by atoms with van der Waals surface area (Å²) in [5, 5.41) is 14.4. The zero-order chi connectivity index (χ0) is 13.0. The van der Waals surface area contributed by atoms with Gasteiger partial charge in [0.15, 0.2) is 5.16 Å². The van der Waals surface area contributed by atoms with Crippen molar-refractivity contribution >= 4 is 11.8 Å². The highest BCUT2D eigenvalue weighted by atomic mass is 32.2. The van der Waals surface area contributed by atoms with Gasteiger partial charge in [-0.25, -0.2) is 4.98 Å². The van der Waals surface area contributed by atoms with E-state index in [2.05, 4.69) is 17.2 Å². The van der Waals surface area contributed by atoms with Crippen molar-refractivity contribution in [3.63, 3.8) is 0 Å². The molecule has 1 fully saturated rings. The van der Waals surface area contributed by atoms with Crippen molar-refractivity contribution in [1.29, 1.82) is 0 Å². The Morgan fingerprint density at radius 1 is 1.61 bits per heavy atom. The molecule has 1 aliphatic rings. The molecule has 0 radical (unpaired) electrons. The minimum absolute atomic E-state index is 0.118. The predicted molar refractivity (Wildman–Crippen MR) is 74.8 cm³/mol. The minimum atomic E-state index is -0.118. The second-order valence-corrected chi connectivity index (χ2v) is 6.07. The van der Waals surface area contributed by atoms with Gasteiger partial charge in [0.2, 0.25) is 0 Å². The number of aromatic nitrogens is 2. The summed E-state index contributed by atoms with van der Waals surface area (Å²) in [6.45, 7) is 3.35. The lowest BCUT2D eigenvalue weighted by Crippen LogP contribution is -2.53. The molecule has 0 bridgehead atoms. The van der Waals surface area contributed by atoms with Gasteiger partial charge in [0.05, 0.1) is 12.1 Å². The van der Waals surface area contributed by atoms with Crippen LogP contribution in [0.15, 0.2) is 17.6 Å². The Balaban J connectivity index is 1.98. The van der Waals surface area contributed by atoms with Crippen LogP contribution in [0.3, 0.4) is 0 Å². The highest BCUT2D eigenvalue weighted by molar-refractivity contribution is 7.99. The summed E-state index contributed by atoms with van der Waals surface area (Å²) in [5.41, 5.74) is -0.118. The number of aliphatic hydroxyl groups excluding tert-OH is 1. The predicted octanol–water partition coefficient (Wildman–Crippen LogP) is 1.65. The van der Waals surface area contributed by atoms with E-state index in [1.54, 1.807) is 11.8 Å². The molecule has 0 aliphatic heterocycles. The zero-order valence-electron chi connectivity index (χ0n) is 11.2. The average molecular weight is 269 g/mol. The van der Waals surface area contributed by atoms with E-state index in [0.717, 1.165) is 23.9 Å². The number of nitrogens with one attached hydrogen (secondary N) is 1. The van der Waals surface area contributed by atoms with Crippen molar-refractivity contribution < 1.29 is 5.11 Å². The Labute approximate surface area is 113 Å². The molecule has 1 aliphatic carbocycles. The fourth-order valence-electron chi connectivity index (χ4n) is 2.24. The van der Waals surface area contributed by atoms with Gasteiger partial charge in [0.25, 0.3) is 0 Å². The van der Waals surface area contributed by atoms with Crippen molar-refractivity contribution in [2.75, 3.05) is 18.9 Å². The van der Waals surface area contributed by atoms with Gasteiger partial charge in [0, 0.05) is 25.2 Å². The Bertz CT molecular complexity index is 378. The molecule has 2 N–H and O–H groups in total. The molecular weight excluding hydrogens is 246 g/mol. The maximum absolute atomic E-state index is 9.81. The van der Waals surface area contributed by atoms with E-state index in [1.807, 2.05) is 24.0 Å². The summed E-state index contributed by atoms with van der Waals surface area (Å²) >= 11 is 1.73. The number of imidazole rings is 1. The Morgan fingerprint density at radius 2 is 2.39 bits per heavy atom. The summed E-state index contributed by atoms with van der Waals surface area (Å²) in [6, 6.07) is 0. The number of aliphatic hydroxyl groups is 1. The van der Waals surface area contributed by atoms with Gasteiger partial charge in [0.1, 0.15) is 0 Å². The number of rotatable bonds is 8. The van der Waals surface area contributed by atoms with E-state index in [4.69, 9.17) is 0 Å². The molecule has 18 heavy (non-hydrogen) atoms. The molecule has 1 aromatic rings. The van der Waals surface area contributed by atoms with E-state index >= 15 is 0 Å². The van der Waals surface area contributed by atoms with Crippen molar-refractivity contribution in [2.24, 2.45) is 13.0 Å². The monoisotopic (exact) mass is 269 g/mol. The van der Waals surface area contributed by atoms with Crippen LogP contribution < -0.4 is 5.32 Å². The molecule has 1 aromatic heterocycles. The van der Waals surface area contributed by atoms with Gasteiger partial charge in [-0.15, -0.1) is 0 Å². The second kappa shape index (κ2) is 6.08. The molecule has 1 atom stereocenters. The van der Waals surface area contributed by atoms with Gasteiger partial charge < -0.3 is 15.0 Å². The van der Waals surface area contributed by atoms with E-state index in [9.17, 15) is 5.11 Å². The summed E-state index contributed by atoms with van der Waals surface area (Å²) in [5.74, 6) is 1.51. The summed E-state index contributed by atoms with van der Waals surface area (Å²) < 4.78 is 2.03. The van der Waals surface area contributed by atoms with Crippen molar-refractivity contribution in [3.8, 4) is 0 Å². The third-order valence-corrected chi connectivity index (χ3v) is 4.91. The molecule has 0 amide bonds. The number of nitrogens with zero attached hydrogens (tertiary/aromatic N) is 2. The SMILES string of the molecule is CCCNC(CO)(CSc1nccn1C)C1CC1. The highest BCUT2D eigenvalue weighted by Gasteiger charge is 2.44. The van der Waals surface area contributed by atoms with Crippen LogP contribution in [0.25, 0.3) is 0 Å². The largest absolute Gasteiger partial charge is 0.394 e. The Hall–Kier alpha value is -0.520. The number of aryl methyl sites for hydroxylation is 1. The first-order chi connectivity index (χ1) is 8.72. The van der Waals surface area contributed by atoms with E-state index < -0.39 is 0 Å².